The molecule has 144 valence electrons. The highest BCUT2D eigenvalue weighted by atomic mass is 32.2. The summed E-state index contributed by atoms with van der Waals surface area (Å²) in [6, 6.07) is 10.1. The van der Waals surface area contributed by atoms with Crippen LogP contribution in [0.4, 0.5) is 14.5 Å². The standard InChI is InChI=1S/C20H22F2N2O2S/c1-4-20(2,3)24-19(26)13-5-7-14(8-6-13)23-18(25)12-27-15-9-10-16(21)17(22)11-15/h5-11H,4,12H2,1-3H3,(H,23,25)(H,24,26). The molecule has 0 spiro atoms. The fourth-order valence-corrected chi connectivity index (χ4v) is 2.81. The third-order valence-electron chi connectivity index (χ3n) is 4.03. The van der Waals surface area contributed by atoms with Crippen molar-refractivity contribution >= 4 is 29.3 Å². The molecule has 0 aliphatic carbocycles. The van der Waals surface area contributed by atoms with Crippen LogP contribution in [-0.2, 0) is 4.79 Å². The van der Waals surface area contributed by atoms with Crippen molar-refractivity contribution in [1.29, 1.82) is 0 Å². The molecule has 2 aromatic carbocycles. The van der Waals surface area contributed by atoms with Gasteiger partial charge in [-0.3, -0.25) is 9.59 Å². The van der Waals surface area contributed by atoms with E-state index in [1.54, 1.807) is 24.3 Å². The molecule has 7 heteroatoms. The smallest absolute Gasteiger partial charge is 0.251 e. The van der Waals surface area contributed by atoms with E-state index in [0.717, 1.165) is 30.3 Å². The van der Waals surface area contributed by atoms with E-state index < -0.39 is 11.6 Å². The summed E-state index contributed by atoms with van der Waals surface area (Å²) in [7, 11) is 0. The molecule has 0 fully saturated rings. The van der Waals surface area contributed by atoms with E-state index in [2.05, 4.69) is 10.6 Å². The summed E-state index contributed by atoms with van der Waals surface area (Å²) in [5.74, 6) is -2.27. The molecule has 4 nitrogen and oxygen atoms in total. The maximum Gasteiger partial charge on any atom is 0.251 e. The van der Waals surface area contributed by atoms with Crippen molar-refractivity contribution in [2.75, 3.05) is 11.1 Å². The molecule has 0 heterocycles. The van der Waals surface area contributed by atoms with Crippen LogP contribution >= 0.6 is 11.8 Å². The molecule has 2 N–H and O–H groups in total. The highest BCUT2D eigenvalue weighted by molar-refractivity contribution is 8.00. The van der Waals surface area contributed by atoms with E-state index in [9.17, 15) is 18.4 Å². The van der Waals surface area contributed by atoms with E-state index >= 15 is 0 Å². The number of rotatable bonds is 7. The number of amides is 2. The van der Waals surface area contributed by atoms with Gasteiger partial charge in [0.1, 0.15) is 0 Å². The maximum atomic E-state index is 13.2. The lowest BCUT2D eigenvalue weighted by Crippen LogP contribution is -2.42. The Bertz CT molecular complexity index is 823. The Morgan fingerprint density at radius 1 is 1.04 bits per heavy atom. The highest BCUT2D eigenvalue weighted by Crippen LogP contribution is 2.21. The lowest BCUT2D eigenvalue weighted by Gasteiger charge is -2.24. The van der Waals surface area contributed by atoms with Crippen molar-refractivity contribution in [3.05, 3.63) is 59.7 Å². The fourth-order valence-electron chi connectivity index (χ4n) is 2.09. The quantitative estimate of drug-likeness (QED) is 0.677. The molecule has 0 radical (unpaired) electrons. The van der Waals surface area contributed by atoms with Crippen molar-refractivity contribution in [3.8, 4) is 0 Å². The number of hydrogen-bond donors (Lipinski definition) is 2. The first kappa shape index (κ1) is 20.9. The fraction of sp³-hybridized carbons (Fsp3) is 0.300. The SMILES string of the molecule is CCC(C)(C)NC(=O)c1ccc(NC(=O)CSc2ccc(F)c(F)c2)cc1. The normalized spacial score (nSPS) is 11.1. The first-order valence-electron chi connectivity index (χ1n) is 8.50. The van der Waals surface area contributed by atoms with E-state index in [0.29, 0.717) is 16.1 Å². The number of halogens is 2. The number of carbonyl (C=O) groups excluding carboxylic acids is 2. The summed E-state index contributed by atoms with van der Waals surface area (Å²) in [5.41, 5.74) is 0.768. The number of thioether (sulfide) groups is 1. The monoisotopic (exact) mass is 392 g/mol. The lowest BCUT2D eigenvalue weighted by molar-refractivity contribution is -0.113. The van der Waals surface area contributed by atoms with Crippen LogP contribution in [0.3, 0.4) is 0 Å². The van der Waals surface area contributed by atoms with E-state index in [1.807, 2.05) is 20.8 Å². The minimum absolute atomic E-state index is 0.0536. The number of anilines is 1. The van der Waals surface area contributed by atoms with Gasteiger partial charge >= 0.3 is 0 Å². The molecular formula is C20H22F2N2O2S. The van der Waals surface area contributed by atoms with Gasteiger partial charge in [0.05, 0.1) is 5.75 Å². The molecule has 0 bridgehead atoms. The summed E-state index contributed by atoms with van der Waals surface area (Å²) < 4.78 is 26.1. The van der Waals surface area contributed by atoms with Gasteiger partial charge in [-0.05, 0) is 62.7 Å². The Labute approximate surface area is 161 Å². The molecule has 27 heavy (non-hydrogen) atoms. The molecule has 2 aromatic rings. The van der Waals surface area contributed by atoms with Gasteiger partial charge in [0.15, 0.2) is 11.6 Å². The second-order valence-electron chi connectivity index (χ2n) is 6.68. The van der Waals surface area contributed by atoms with Gasteiger partial charge in [-0.1, -0.05) is 6.92 Å². The van der Waals surface area contributed by atoms with Crippen LogP contribution in [0.2, 0.25) is 0 Å². The number of hydrogen-bond acceptors (Lipinski definition) is 3. The molecule has 0 aliphatic heterocycles. The summed E-state index contributed by atoms with van der Waals surface area (Å²) in [6.45, 7) is 5.89. The second-order valence-corrected chi connectivity index (χ2v) is 7.73. The summed E-state index contributed by atoms with van der Waals surface area (Å²) in [5, 5.41) is 5.65. The van der Waals surface area contributed by atoms with Gasteiger partial charge in [-0.25, -0.2) is 8.78 Å². The van der Waals surface area contributed by atoms with Crippen LogP contribution < -0.4 is 10.6 Å². The predicted octanol–water partition coefficient (Wildman–Crippen LogP) is 4.61. The van der Waals surface area contributed by atoms with E-state index in [1.165, 1.54) is 6.07 Å². The molecule has 2 rings (SSSR count). The van der Waals surface area contributed by atoms with Crippen LogP contribution in [0.15, 0.2) is 47.4 Å². The van der Waals surface area contributed by atoms with Gasteiger partial charge in [0, 0.05) is 21.7 Å². The average Bonchev–Trinajstić information content (AvgIpc) is 2.63. The molecule has 0 atom stereocenters. The molecule has 0 saturated carbocycles. The minimum Gasteiger partial charge on any atom is -0.347 e. The number of nitrogens with one attached hydrogen (secondary N) is 2. The van der Waals surface area contributed by atoms with Gasteiger partial charge in [-0.15, -0.1) is 11.8 Å². The van der Waals surface area contributed by atoms with Gasteiger partial charge < -0.3 is 10.6 Å². The van der Waals surface area contributed by atoms with Crippen LogP contribution in [-0.4, -0.2) is 23.1 Å². The Balaban J connectivity index is 1.89. The zero-order chi connectivity index (χ0) is 20.0. The molecule has 0 saturated heterocycles. The van der Waals surface area contributed by atoms with E-state index in [4.69, 9.17) is 0 Å². The summed E-state index contributed by atoms with van der Waals surface area (Å²) >= 11 is 1.10. The van der Waals surface area contributed by atoms with Crippen LogP contribution in [0.25, 0.3) is 0 Å². The maximum absolute atomic E-state index is 13.2. The zero-order valence-electron chi connectivity index (χ0n) is 15.4. The van der Waals surface area contributed by atoms with Crippen molar-refractivity contribution < 1.29 is 18.4 Å². The van der Waals surface area contributed by atoms with Crippen molar-refractivity contribution in [2.24, 2.45) is 0 Å². The van der Waals surface area contributed by atoms with Crippen molar-refractivity contribution in [3.63, 3.8) is 0 Å². The number of benzene rings is 2. The van der Waals surface area contributed by atoms with E-state index in [-0.39, 0.29) is 23.1 Å². The average molecular weight is 392 g/mol. The molecule has 0 aromatic heterocycles. The molecule has 0 aliphatic rings. The van der Waals surface area contributed by atoms with Crippen LogP contribution in [0, 0.1) is 11.6 Å². The lowest BCUT2D eigenvalue weighted by atomic mass is 10.0. The Kier molecular flexibility index (Phi) is 6.96. The number of carbonyl (C=O) groups is 2. The van der Waals surface area contributed by atoms with Crippen molar-refractivity contribution in [2.45, 2.75) is 37.6 Å². The third-order valence-corrected chi connectivity index (χ3v) is 5.02. The van der Waals surface area contributed by atoms with Crippen LogP contribution in [0.1, 0.15) is 37.6 Å². The first-order valence-corrected chi connectivity index (χ1v) is 9.49. The summed E-state index contributed by atoms with van der Waals surface area (Å²) in [4.78, 5) is 24.7. The van der Waals surface area contributed by atoms with Crippen molar-refractivity contribution in [1.82, 2.24) is 5.32 Å². The first-order chi connectivity index (χ1) is 12.7. The highest BCUT2D eigenvalue weighted by Gasteiger charge is 2.18. The van der Waals surface area contributed by atoms with Gasteiger partial charge in [-0.2, -0.15) is 0 Å². The van der Waals surface area contributed by atoms with Crippen LogP contribution in [0.5, 0.6) is 0 Å². The topological polar surface area (TPSA) is 58.2 Å². The summed E-state index contributed by atoms with van der Waals surface area (Å²) in [6.07, 6.45) is 0.808. The largest absolute Gasteiger partial charge is 0.347 e. The van der Waals surface area contributed by atoms with Gasteiger partial charge in [0.2, 0.25) is 5.91 Å². The Morgan fingerprint density at radius 3 is 2.30 bits per heavy atom. The molecular weight excluding hydrogens is 370 g/mol. The predicted molar refractivity (Wildman–Crippen MR) is 104 cm³/mol. The molecule has 0 unspecified atom stereocenters. The minimum atomic E-state index is -0.944. The zero-order valence-corrected chi connectivity index (χ0v) is 16.3. The third kappa shape index (κ3) is 6.36. The van der Waals surface area contributed by atoms with Gasteiger partial charge in [0.25, 0.3) is 5.91 Å². The Hall–Kier alpha value is -2.41. The Morgan fingerprint density at radius 2 is 1.70 bits per heavy atom. The second kappa shape index (κ2) is 8.99. The molecule has 2 amide bonds.